The molecule has 49 heavy (non-hydrogen) atoms. The van der Waals surface area contributed by atoms with E-state index in [0.717, 1.165) is 103 Å². The predicted molar refractivity (Wildman–Crippen MR) is 203 cm³/mol. The van der Waals surface area contributed by atoms with Crippen LogP contribution in [-0.4, -0.2) is 43.3 Å². The van der Waals surface area contributed by atoms with Crippen molar-refractivity contribution in [2.24, 2.45) is 0 Å². The molecule has 0 saturated heterocycles. The molecule has 0 amide bonds. The lowest BCUT2D eigenvalue weighted by atomic mass is 10.1. The van der Waals surface area contributed by atoms with Crippen molar-refractivity contribution < 1.29 is 37.6 Å². The molecule has 0 aromatic carbocycles. The van der Waals surface area contributed by atoms with E-state index in [1.54, 1.807) is 0 Å². The van der Waals surface area contributed by atoms with Crippen LogP contribution >= 0.6 is 7.82 Å². The highest BCUT2D eigenvalue weighted by Gasteiger charge is 2.20. The van der Waals surface area contributed by atoms with Gasteiger partial charge in [-0.2, -0.15) is 0 Å². The summed E-state index contributed by atoms with van der Waals surface area (Å²) in [5.41, 5.74) is 0. The summed E-state index contributed by atoms with van der Waals surface area (Å²) in [4.78, 5) is 33.6. The normalized spacial score (nSPS) is 11.7. The average Bonchev–Trinajstić information content (AvgIpc) is 3.08. The maximum atomic E-state index is 12.1. The summed E-state index contributed by atoms with van der Waals surface area (Å²) in [6.45, 7) is 5.92. The molecule has 9 heteroatoms. The van der Waals surface area contributed by atoms with Crippen LogP contribution in [0.1, 0.15) is 219 Å². The molecule has 0 aromatic heterocycles. The zero-order chi connectivity index (χ0) is 35.9. The van der Waals surface area contributed by atoms with Crippen molar-refractivity contribution in [3.05, 3.63) is 0 Å². The number of unbranched alkanes of at least 4 members (excludes halogenated alkanes) is 26. The van der Waals surface area contributed by atoms with Crippen molar-refractivity contribution in [3.8, 4) is 0 Å². The number of esters is 2. The van der Waals surface area contributed by atoms with Gasteiger partial charge in [0.1, 0.15) is 0 Å². The zero-order valence-electron chi connectivity index (χ0n) is 32.2. The molecule has 0 spiro atoms. The molecule has 0 aliphatic rings. The molecule has 0 saturated carbocycles. The number of phosphoric ester groups is 1. The zero-order valence-corrected chi connectivity index (χ0v) is 33.1. The van der Waals surface area contributed by atoms with Gasteiger partial charge in [0.05, 0.1) is 26.4 Å². The standard InChI is InChI=1S/C40H79O8P/c1-3-5-7-9-11-13-15-21-27-33-39(41)45-35-29-23-17-19-25-31-37-47-49(43,44)48-38-32-26-20-18-24-30-36-46-40(42)34-28-22-16-14-12-10-8-6-4-2/h3-38H2,1-2H3,(H,43,44). The van der Waals surface area contributed by atoms with Gasteiger partial charge in [-0.05, 0) is 38.5 Å². The fourth-order valence-corrected chi connectivity index (χ4v) is 6.69. The van der Waals surface area contributed by atoms with Crippen molar-refractivity contribution in [1.29, 1.82) is 0 Å². The van der Waals surface area contributed by atoms with E-state index >= 15 is 0 Å². The third kappa shape index (κ3) is 39.7. The minimum Gasteiger partial charge on any atom is -0.466 e. The molecule has 0 unspecified atom stereocenters. The van der Waals surface area contributed by atoms with E-state index in [1.165, 1.54) is 89.9 Å². The lowest BCUT2D eigenvalue weighted by molar-refractivity contribution is -0.144. The molecule has 0 aromatic rings. The monoisotopic (exact) mass is 719 g/mol. The van der Waals surface area contributed by atoms with Crippen molar-refractivity contribution in [2.45, 2.75) is 219 Å². The van der Waals surface area contributed by atoms with Crippen LogP contribution in [0.4, 0.5) is 0 Å². The molecule has 0 fully saturated rings. The van der Waals surface area contributed by atoms with E-state index in [9.17, 15) is 19.0 Å². The van der Waals surface area contributed by atoms with Crippen LogP contribution in [0.5, 0.6) is 0 Å². The Morgan fingerprint density at radius 1 is 0.388 bits per heavy atom. The molecule has 8 nitrogen and oxygen atoms in total. The average molecular weight is 719 g/mol. The minimum absolute atomic E-state index is 0.0682. The van der Waals surface area contributed by atoms with Gasteiger partial charge in [-0.15, -0.1) is 0 Å². The van der Waals surface area contributed by atoms with Crippen LogP contribution in [0, 0.1) is 0 Å². The van der Waals surface area contributed by atoms with Gasteiger partial charge in [0.15, 0.2) is 0 Å². The summed E-state index contributed by atoms with van der Waals surface area (Å²) in [5.74, 6) is -0.136. The summed E-state index contributed by atoms with van der Waals surface area (Å²) in [7, 11) is -3.99. The highest BCUT2D eigenvalue weighted by molar-refractivity contribution is 7.47. The van der Waals surface area contributed by atoms with Gasteiger partial charge in [-0.1, -0.05) is 168 Å². The fourth-order valence-electron chi connectivity index (χ4n) is 5.90. The smallest absolute Gasteiger partial charge is 0.466 e. The molecule has 0 rings (SSSR count). The Morgan fingerprint density at radius 2 is 0.633 bits per heavy atom. The van der Waals surface area contributed by atoms with Gasteiger partial charge in [0.25, 0.3) is 0 Å². The van der Waals surface area contributed by atoms with Crippen LogP contribution in [0.3, 0.4) is 0 Å². The molecule has 1 N–H and O–H groups in total. The molecule has 292 valence electrons. The summed E-state index contributed by atoms with van der Waals surface area (Å²) in [6.07, 6.45) is 34.7. The first kappa shape index (κ1) is 48.0. The van der Waals surface area contributed by atoms with Gasteiger partial charge in [-0.25, -0.2) is 4.57 Å². The van der Waals surface area contributed by atoms with Gasteiger partial charge in [0, 0.05) is 12.8 Å². The predicted octanol–water partition coefficient (Wildman–Crippen LogP) is 12.7. The Bertz CT molecular complexity index is 705. The van der Waals surface area contributed by atoms with E-state index in [0.29, 0.717) is 26.1 Å². The molecule has 0 aliphatic heterocycles. The summed E-state index contributed by atoms with van der Waals surface area (Å²) < 4.78 is 33.0. The van der Waals surface area contributed by atoms with Crippen molar-refractivity contribution in [1.82, 2.24) is 0 Å². The Labute approximate surface area is 302 Å². The van der Waals surface area contributed by atoms with Gasteiger partial charge < -0.3 is 14.4 Å². The summed E-state index contributed by atoms with van der Waals surface area (Å²) in [5, 5.41) is 0. The van der Waals surface area contributed by atoms with E-state index in [-0.39, 0.29) is 25.2 Å². The Hall–Kier alpha value is -0.950. The number of rotatable bonds is 40. The number of hydrogen-bond acceptors (Lipinski definition) is 7. The number of ether oxygens (including phenoxy) is 2. The van der Waals surface area contributed by atoms with Gasteiger partial charge in [-0.3, -0.25) is 18.6 Å². The lowest BCUT2D eigenvalue weighted by Crippen LogP contribution is -2.05. The molecule has 0 aliphatic carbocycles. The van der Waals surface area contributed by atoms with E-state index in [1.807, 2.05) is 0 Å². The third-order valence-corrected chi connectivity index (χ3v) is 10.1. The molecule has 0 radical (unpaired) electrons. The quantitative estimate of drug-likeness (QED) is 0.0379. The molecular weight excluding hydrogens is 639 g/mol. The highest BCUT2D eigenvalue weighted by atomic mass is 31.2. The Morgan fingerprint density at radius 3 is 0.939 bits per heavy atom. The Balaban J connectivity index is 3.39. The van der Waals surface area contributed by atoms with Crippen molar-refractivity contribution in [2.75, 3.05) is 26.4 Å². The number of carbonyl (C=O) groups is 2. The van der Waals surface area contributed by atoms with Gasteiger partial charge in [0.2, 0.25) is 0 Å². The topological polar surface area (TPSA) is 108 Å². The first-order chi connectivity index (χ1) is 23.9. The molecule has 0 bridgehead atoms. The molecule has 0 heterocycles. The van der Waals surface area contributed by atoms with E-state index in [4.69, 9.17) is 18.5 Å². The van der Waals surface area contributed by atoms with E-state index in [2.05, 4.69) is 13.8 Å². The van der Waals surface area contributed by atoms with Crippen LogP contribution in [0.2, 0.25) is 0 Å². The van der Waals surface area contributed by atoms with Crippen molar-refractivity contribution >= 4 is 19.8 Å². The summed E-state index contributed by atoms with van der Waals surface area (Å²) in [6, 6.07) is 0. The maximum absolute atomic E-state index is 12.1. The first-order valence-electron chi connectivity index (χ1n) is 20.8. The second-order valence-corrected chi connectivity index (χ2v) is 15.4. The second-order valence-electron chi connectivity index (χ2n) is 14.0. The third-order valence-electron chi connectivity index (χ3n) is 9.08. The summed E-state index contributed by atoms with van der Waals surface area (Å²) >= 11 is 0. The fraction of sp³-hybridized carbons (Fsp3) is 0.950. The number of hydrogen-bond donors (Lipinski definition) is 1. The van der Waals surface area contributed by atoms with Crippen LogP contribution in [0.25, 0.3) is 0 Å². The maximum Gasteiger partial charge on any atom is 0.472 e. The van der Waals surface area contributed by atoms with Crippen LogP contribution in [-0.2, 0) is 32.7 Å². The van der Waals surface area contributed by atoms with Gasteiger partial charge >= 0.3 is 19.8 Å². The largest absolute Gasteiger partial charge is 0.472 e. The second kappa shape index (κ2) is 38.3. The first-order valence-corrected chi connectivity index (χ1v) is 22.3. The Kier molecular flexibility index (Phi) is 37.5. The highest BCUT2D eigenvalue weighted by Crippen LogP contribution is 2.43. The minimum atomic E-state index is -3.99. The number of carbonyl (C=O) groups excluding carboxylic acids is 2. The molecular formula is C40H79O8P. The van der Waals surface area contributed by atoms with Crippen LogP contribution in [0.15, 0.2) is 0 Å². The number of phosphoric acid groups is 1. The lowest BCUT2D eigenvalue weighted by Gasteiger charge is -2.12. The van der Waals surface area contributed by atoms with Crippen molar-refractivity contribution in [3.63, 3.8) is 0 Å². The van der Waals surface area contributed by atoms with Crippen LogP contribution < -0.4 is 0 Å². The SMILES string of the molecule is CCCCCCCCCCCC(=O)OCCCCCCCCOP(=O)(O)OCCCCCCCCOC(=O)CCCCCCCCCCC. The van der Waals surface area contributed by atoms with E-state index < -0.39 is 7.82 Å². The molecule has 0 atom stereocenters.